The van der Waals surface area contributed by atoms with Gasteiger partial charge in [-0.05, 0) is 50.4 Å². The molecule has 10 aromatic rings. The number of nitrogens with zero attached hydrogens (tertiary/aromatic N) is 2. The molecule has 0 fully saturated rings. The summed E-state index contributed by atoms with van der Waals surface area (Å²) < 4.78 is 2.63. The lowest BCUT2D eigenvalue weighted by Crippen LogP contribution is -1.97. The maximum Gasteiger partial charge on any atom is 0.160 e. The van der Waals surface area contributed by atoms with Gasteiger partial charge in [-0.25, -0.2) is 9.97 Å². The van der Waals surface area contributed by atoms with Crippen LogP contribution in [0.2, 0.25) is 0 Å². The van der Waals surface area contributed by atoms with Crippen molar-refractivity contribution in [3.8, 4) is 56.2 Å². The summed E-state index contributed by atoms with van der Waals surface area (Å²) in [5.41, 5.74) is 9.82. The zero-order valence-electron chi connectivity index (χ0n) is 27.6. The second-order valence-corrected chi connectivity index (χ2v) is 13.9. The lowest BCUT2D eigenvalue weighted by Gasteiger charge is -2.16. The quantitative estimate of drug-likeness (QED) is 0.183. The standard InChI is InChI=1S/C48H30N2S/c1-3-14-31(15-4-1)34-23-11-18-32-19-12-26-42(46(32)34)44-30-43(49-48(50-44)33-16-5-2-6-17-33)38-29-28-37(35-20-7-8-21-36(35)38)40-24-13-25-41-39-22-9-10-27-45(39)51-47(40)41/h1-30H. The maximum absolute atomic E-state index is 5.28. The molecule has 0 aliphatic rings. The Morgan fingerprint density at radius 1 is 0.353 bits per heavy atom. The lowest BCUT2D eigenvalue weighted by molar-refractivity contribution is 1.19. The molecule has 0 aliphatic carbocycles. The van der Waals surface area contributed by atoms with Crippen LogP contribution >= 0.6 is 11.3 Å². The fourth-order valence-electron chi connectivity index (χ4n) is 7.57. The van der Waals surface area contributed by atoms with Crippen molar-refractivity contribution < 1.29 is 0 Å². The highest BCUT2D eigenvalue weighted by molar-refractivity contribution is 7.26. The van der Waals surface area contributed by atoms with Crippen LogP contribution in [0.5, 0.6) is 0 Å². The Bertz CT molecular complexity index is 2900. The van der Waals surface area contributed by atoms with Gasteiger partial charge in [0, 0.05) is 42.4 Å². The lowest BCUT2D eigenvalue weighted by atomic mass is 9.91. The van der Waals surface area contributed by atoms with Gasteiger partial charge in [-0.3, -0.25) is 0 Å². The largest absolute Gasteiger partial charge is 0.228 e. The molecule has 51 heavy (non-hydrogen) atoms. The van der Waals surface area contributed by atoms with Gasteiger partial charge in [-0.1, -0.05) is 170 Å². The summed E-state index contributed by atoms with van der Waals surface area (Å²) in [6.45, 7) is 0. The normalized spacial score (nSPS) is 11.5. The van der Waals surface area contributed by atoms with E-state index in [0.717, 1.165) is 28.1 Å². The summed E-state index contributed by atoms with van der Waals surface area (Å²) in [5, 5.41) is 7.36. The molecule has 2 heterocycles. The average Bonchev–Trinajstić information content (AvgIpc) is 3.60. The summed E-state index contributed by atoms with van der Waals surface area (Å²) in [4.78, 5) is 10.6. The summed E-state index contributed by atoms with van der Waals surface area (Å²) >= 11 is 1.87. The van der Waals surface area contributed by atoms with E-state index in [-0.39, 0.29) is 0 Å². The third-order valence-corrected chi connectivity index (χ3v) is 11.1. The fraction of sp³-hybridized carbons (Fsp3) is 0. The Morgan fingerprint density at radius 3 is 1.67 bits per heavy atom. The zero-order chi connectivity index (χ0) is 33.7. The van der Waals surface area contributed by atoms with Crippen LogP contribution in [0.15, 0.2) is 182 Å². The van der Waals surface area contributed by atoms with Gasteiger partial charge in [0.25, 0.3) is 0 Å². The van der Waals surface area contributed by atoms with E-state index >= 15 is 0 Å². The Hall–Kier alpha value is -6.42. The molecule has 0 radical (unpaired) electrons. The summed E-state index contributed by atoms with van der Waals surface area (Å²) in [7, 11) is 0. The van der Waals surface area contributed by atoms with Crippen LogP contribution in [0.4, 0.5) is 0 Å². The number of hydrogen-bond donors (Lipinski definition) is 0. The van der Waals surface area contributed by atoms with Crippen molar-refractivity contribution in [3.63, 3.8) is 0 Å². The second-order valence-electron chi connectivity index (χ2n) is 12.9. The van der Waals surface area contributed by atoms with Crippen molar-refractivity contribution in [2.75, 3.05) is 0 Å². The first kappa shape index (κ1) is 29.5. The Balaban J connectivity index is 1.22. The summed E-state index contributed by atoms with van der Waals surface area (Å²) in [6, 6.07) is 64.9. The number of fused-ring (bicyclic) bond motifs is 5. The number of aromatic nitrogens is 2. The Morgan fingerprint density at radius 2 is 0.902 bits per heavy atom. The van der Waals surface area contributed by atoms with Crippen LogP contribution in [-0.4, -0.2) is 9.97 Å². The highest BCUT2D eigenvalue weighted by Gasteiger charge is 2.18. The van der Waals surface area contributed by atoms with E-state index in [0.29, 0.717) is 5.82 Å². The van der Waals surface area contributed by atoms with E-state index in [2.05, 4.69) is 176 Å². The molecule has 0 unspecified atom stereocenters. The van der Waals surface area contributed by atoms with Gasteiger partial charge in [0.15, 0.2) is 5.82 Å². The molecule has 2 aromatic heterocycles. The topological polar surface area (TPSA) is 25.8 Å². The molecule has 0 aliphatic heterocycles. The van der Waals surface area contributed by atoms with Crippen LogP contribution in [-0.2, 0) is 0 Å². The molecule has 0 atom stereocenters. The first-order valence-electron chi connectivity index (χ1n) is 17.2. The van der Waals surface area contributed by atoms with Crippen LogP contribution < -0.4 is 0 Å². The van der Waals surface area contributed by atoms with Crippen LogP contribution in [0.3, 0.4) is 0 Å². The molecule has 0 bridgehead atoms. The molecule has 0 amide bonds. The third-order valence-electron chi connectivity index (χ3n) is 9.92. The van der Waals surface area contributed by atoms with Gasteiger partial charge < -0.3 is 0 Å². The maximum atomic E-state index is 5.28. The van der Waals surface area contributed by atoms with Gasteiger partial charge in [-0.15, -0.1) is 11.3 Å². The smallest absolute Gasteiger partial charge is 0.160 e. The van der Waals surface area contributed by atoms with Gasteiger partial charge in [0.05, 0.1) is 11.4 Å². The highest BCUT2D eigenvalue weighted by Crippen LogP contribution is 2.44. The molecule has 2 nitrogen and oxygen atoms in total. The third kappa shape index (κ3) is 5.01. The van der Waals surface area contributed by atoms with Crippen molar-refractivity contribution in [1.29, 1.82) is 0 Å². The van der Waals surface area contributed by atoms with Crippen molar-refractivity contribution in [2.45, 2.75) is 0 Å². The predicted octanol–water partition coefficient (Wildman–Crippen LogP) is 13.5. The zero-order valence-corrected chi connectivity index (χ0v) is 28.4. The van der Waals surface area contributed by atoms with E-state index in [1.807, 2.05) is 17.4 Å². The van der Waals surface area contributed by atoms with Gasteiger partial charge in [0.2, 0.25) is 0 Å². The molecule has 0 N–H and O–H groups in total. The van der Waals surface area contributed by atoms with E-state index in [1.165, 1.54) is 64.0 Å². The van der Waals surface area contributed by atoms with Crippen molar-refractivity contribution in [3.05, 3.63) is 182 Å². The summed E-state index contributed by atoms with van der Waals surface area (Å²) in [5.74, 6) is 0.709. The summed E-state index contributed by atoms with van der Waals surface area (Å²) in [6.07, 6.45) is 0. The minimum atomic E-state index is 0.709. The van der Waals surface area contributed by atoms with Crippen LogP contribution in [0.25, 0.3) is 97.9 Å². The molecule has 0 spiro atoms. The van der Waals surface area contributed by atoms with Crippen LogP contribution in [0, 0.1) is 0 Å². The van der Waals surface area contributed by atoms with Crippen molar-refractivity contribution >= 4 is 53.1 Å². The SMILES string of the molecule is c1ccc(-c2nc(-c3ccc(-c4cccc5c4sc4ccccc45)c4ccccc34)cc(-c3cccc4cccc(-c5ccccc5)c34)n2)cc1. The minimum absolute atomic E-state index is 0.709. The van der Waals surface area contributed by atoms with Crippen molar-refractivity contribution in [2.24, 2.45) is 0 Å². The minimum Gasteiger partial charge on any atom is -0.228 e. The molecule has 0 saturated carbocycles. The molecular formula is C48H30N2S. The number of hydrogen-bond acceptors (Lipinski definition) is 3. The van der Waals surface area contributed by atoms with Gasteiger partial charge >= 0.3 is 0 Å². The monoisotopic (exact) mass is 666 g/mol. The number of benzene rings is 8. The van der Waals surface area contributed by atoms with E-state index in [4.69, 9.17) is 9.97 Å². The Labute approximate surface area is 300 Å². The Kier molecular flexibility index (Phi) is 7.04. The van der Waals surface area contributed by atoms with E-state index < -0.39 is 0 Å². The average molecular weight is 667 g/mol. The molecule has 0 saturated heterocycles. The second kappa shape index (κ2) is 12.2. The van der Waals surface area contributed by atoms with Gasteiger partial charge in [-0.2, -0.15) is 0 Å². The van der Waals surface area contributed by atoms with Crippen LogP contribution in [0.1, 0.15) is 0 Å². The van der Waals surface area contributed by atoms with Crippen molar-refractivity contribution in [1.82, 2.24) is 9.97 Å². The molecule has 10 rings (SSSR count). The van der Waals surface area contributed by atoms with E-state index in [9.17, 15) is 0 Å². The first-order valence-corrected chi connectivity index (χ1v) is 18.1. The number of thiophene rings is 1. The predicted molar refractivity (Wildman–Crippen MR) is 217 cm³/mol. The molecular weight excluding hydrogens is 637 g/mol. The molecule has 8 aromatic carbocycles. The van der Waals surface area contributed by atoms with Gasteiger partial charge in [0.1, 0.15) is 0 Å². The number of rotatable bonds is 5. The first-order chi connectivity index (χ1) is 25.3. The molecule has 3 heteroatoms. The fourth-order valence-corrected chi connectivity index (χ4v) is 8.80. The molecule has 238 valence electrons. The highest BCUT2D eigenvalue weighted by atomic mass is 32.1. The van der Waals surface area contributed by atoms with E-state index in [1.54, 1.807) is 0 Å².